The van der Waals surface area contributed by atoms with Crippen molar-refractivity contribution in [2.75, 3.05) is 0 Å². The predicted molar refractivity (Wildman–Crippen MR) is 71.0 cm³/mol. The quantitative estimate of drug-likeness (QED) is 0.902. The number of aromatic nitrogens is 2. The van der Waals surface area contributed by atoms with Crippen LogP contribution in [0.3, 0.4) is 0 Å². The molecule has 2 rings (SSSR count). The number of hydrogen-bond acceptors (Lipinski definition) is 4. The summed E-state index contributed by atoms with van der Waals surface area (Å²) in [5, 5.41) is 9.20. The van der Waals surface area contributed by atoms with E-state index in [1.165, 1.54) is 11.3 Å². The molecular weight excluding hydrogens is 248 g/mol. The Morgan fingerprint density at radius 2 is 2.06 bits per heavy atom. The van der Waals surface area contributed by atoms with E-state index in [9.17, 15) is 9.90 Å². The molecule has 94 valence electrons. The summed E-state index contributed by atoms with van der Waals surface area (Å²) in [5.41, 5.74) is 3.05. The molecule has 0 unspecified atom stereocenters. The number of nitrogens with zero attached hydrogens (tertiary/aromatic N) is 2. The van der Waals surface area contributed by atoms with E-state index < -0.39 is 5.97 Å². The lowest BCUT2D eigenvalue weighted by atomic mass is 9.88. The lowest BCUT2D eigenvalue weighted by Gasteiger charge is -2.20. The van der Waals surface area contributed by atoms with Crippen LogP contribution in [0.25, 0.3) is 10.6 Å². The van der Waals surface area contributed by atoms with Crippen molar-refractivity contribution in [1.29, 1.82) is 0 Å². The molecule has 1 N–H and O–H groups in total. The van der Waals surface area contributed by atoms with Crippen LogP contribution in [0.15, 0.2) is 23.8 Å². The molecule has 0 atom stereocenters. The van der Waals surface area contributed by atoms with E-state index in [1.807, 2.05) is 20.8 Å². The molecule has 0 amide bonds. The summed E-state index contributed by atoms with van der Waals surface area (Å²) in [5.74, 6) is -0.941. The summed E-state index contributed by atoms with van der Waals surface area (Å²) >= 11 is 1.49. The number of pyridine rings is 1. The largest absolute Gasteiger partial charge is 0.478 e. The highest BCUT2D eigenvalue weighted by Crippen LogP contribution is 2.28. The molecule has 0 radical (unpaired) electrons. The highest BCUT2D eigenvalue weighted by Gasteiger charge is 2.24. The van der Waals surface area contributed by atoms with Crippen molar-refractivity contribution in [3.63, 3.8) is 0 Å². The van der Waals surface area contributed by atoms with Gasteiger partial charge in [-0.25, -0.2) is 4.79 Å². The van der Waals surface area contributed by atoms with E-state index in [4.69, 9.17) is 0 Å². The summed E-state index contributed by atoms with van der Waals surface area (Å²) < 4.78 is 0. The first kappa shape index (κ1) is 12.7. The Bertz CT molecular complexity index is 571. The minimum absolute atomic E-state index is 0.260. The molecule has 0 spiro atoms. The molecule has 0 bridgehead atoms. The molecule has 2 heterocycles. The molecule has 18 heavy (non-hydrogen) atoms. The van der Waals surface area contributed by atoms with Gasteiger partial charge in [-0.2, -0.15) is 0 Å². The molecule has 2 aromatic heterocycles. The van der Waals surface area contributed by atoms with Gasteiger partial charge < -0.3 is 5.11 Å². The van der Waals surface area contributed by atoms with Gasteiger partial charge in [-0.1, -0.05) is 20.8 Å². The van der Waals surface area contributed by atoms with Crippen LogP contribution in [0.1, 0.15) is 36.8 Å². The van der Waals surface area contributed by atoms with Crippen molar-refractivity contribution in [2.45, 2.75) is 26.2 Å². The summed E-state index contributed by atoms with van der Waals surface area (Å²) in [6.45, 7) is 5.87. The normalized spacial score (nSPS) is 11.5. The average molecular weight is 262 g/mol. The Kier molecular flexibility index (Phi) is 3.17. The molecule has 0 aliphatic carbocycles. The number of carbonyl (C=O) groups is 1. The van der Waals surface area contributed by atoms with E-state index >= 15 is 0 Å². The van der Waals surface area contributed by atoms with Crippen LogP contribution >= 0.6 is 11.3 Å². The zero-order valence-electron chi connectivity index (χ0n) is 10.5. The van der Waals surface area contributed by atoms with Crippen LogP contribution in [0, 0.1) is 0 Å². The van der Waals surface area contributed by atoms with Gasteiger partial charge in [0, 0.05) is 11.6 Å². The lowest BCUT2D eigenvalue weighted by molar-refractivity contribution is 0.0693. The van der Waals surface area contributed by atoms with E-state index in [1.54, 1.807) is 23.8 Å². The van der Waals surface area contributed by atoms with E-state index in [-0.39, 0.29) is 11.0 Å². The van der Waals surface area contributed by atoms with Crippen molar-refractivity contribution >= 4 is 17.3 Å². The fourth-order valence-corrected chi connectivity index (χ4v) is 2.27. The second kappa shape index (κ2) is 4.49. The van der Waals surface area contributed by atoms with Gasteiger partial charge in [0.2, 0.25) is 0 Å². The highest BCUT2D eigenvalue weighted by molar-refractivity contribution is 7.13. The molecule has 5 heteroatoms. The summed E-state index contributed by atoms with van der Waals surface area (Å²) in [4.78, 5) is 20.7. The lowest BCUT2D eigenvalue weighted by Crippen LogP contribution is -2.19. The molecule has 2 aromatic rings. The van der Waals surface area contributed by atoms with Crippen LogP contribution < -0.4 is 0 Å². The van der Waals surface area contributed by atoms with Gasteiger partial charge in [0.15, 0.2) is 0 Å². The number of hydrogen-bond donors (Lipinski definition) is 1. The predicted octanol–water partition coefficient (Wildman–Crippen LogP) is 3.20. The number of thiazole rings is 1. The second-order valence-electron chi connectivity index (χ2n) is 5.01. The first-order valence-corrected chi connectivity index (χ1v) is 6.41. The van der Waals surface area contributed by atoms with Crippen molar-refractivity contribution in [3.8, 4) is 10.6 Å². The second-order valence-corrected chi connectivity index (χ2v) is 5.90. The molecule has 0 fully saturated rings. The molecule has 0 aromatic carbocycles. The fraction of sp³-hybridized carbons (Fsp3) is 0.308. The first-order chi connectivity index (χ1) is 8.39. The molecule has 0 aliphatic heterocycles. The van der Waals surface area contributed by atoms with Gasteiger partial charge in [-0.15, -0.1) is 11.3 Å². The van der Waals surface area contributed by atoms with Crippen LogP contribution in [-0.2, 0) is 5.41 Å². The minimum atomic E-state index is -0.941. The molecule has 0 saturated carbocycles. The van der Waals surface area contributed by atoms with E-state index in [2.05, 4.69) is 9.97 Å². The SMILES string of the molecule is CC(C)(C)c1nc(-c2cncs2)ccc1C(=O)O. The number of aromatic carboxylic acids is 1. The van der Waals surface area contributed by atoms with Crippen LogP contribution in [0.4, 0.5) is 0 Å². The average Bonchev–Trinajstić information content (AvgIpc) is 2.80. The van der Waals surface area contributed by atoms with Crippen molar-refractivity contribution < 1.29 is 9.90 Å². The monoisotopic (exact) mass is 262 g/mol. The third-order valence-corrected chi connectivity index (χ3v) is 3.32. The van der Waals surface area contributed by atoms with Crippen LogP contribution in [-0.4, -0.2) is 21.0 Å². The Balaban J connectivity index is 2.60. The van der Waals surface area contributed by atoms with Crippen LogP contribution in [0.5, 0.6) is 0 Å². The maximum Gasteiger partial charge on any atom is 0.337 e. The Hall–Kier alpha value is -1.75. The van der Waals surface area contributed by atoms with Crippen molar-refractivity contribution in [1.82, 2.24) is 9.97 Å². The Morgan fingerprint density at radius 1 is 1.33 bits per heavy atom. The Labute approximate surface area is 109 Å². The smallest absolute Gasteiger partial charge is 0.337 e. The zero-order valence-corrected chi connectivity index (χ0v) is 11.3. The van der Waals surface area contributed by atoms with Gasteiger partial charge in [-0.05, 0) is 12.1 Å². The zero-order chi connectivity index (χ0) is 13.3. The topological polar surface area (TPSA) is 63.1 Å². The maximum atomic E-state index is 11.2. The summed E-state index contributed by atoms with van der Waals surface area (Å²) in [6.07, 6.45) is 1.74. The summed E-state index contributed by atoms with van der Waals surface area (Å²) in [7, 11) is 0. The highest BCUT2D eigenvalue weighted by atomic mass is 32.1. The third-order valence-electron chi connectivity index (χ3n) is 2.52. The van der Waals surface area contributed by atoms with E-state index in [0.717, 1.165) is 10.6 Å². The van der Waals surface area contributed by atoms with Crippen molar-refractivity contribution in [2.24, 2.45) is 0 Å². The fourth-order valence-electron chi connectivity index (χ4n) is 1.68. The molecule has 0 saturated heterocycles. The van der Waals surface area contributed by atoms with Gasteiger partial charge >= 0.3 is 5.97 Å². The maximum absolute atomic E-state index is 11.2. The van der Waals surface area contributed by atoms with E-state index in [0.29, 0.717) is 5.69 Å². The van der Waals surface area contributed by atoms with Gasteiger partial charge in [0.1, 0.15) is 0 Å². The molecular formula is C13H14N2O2S. The molecule has 4 nitrogen and oxygen atoms in total. The number of carboxylic acid groups (broad SMARTS) is 1. The third kappa shape index (κ3) is 2.41. The van der Waals surface area contributed by atoms with Gasteiger partial charge in [-0.3, -0.25) is 9.97 Å². The van der Waals surface area contributed by atoms with Crippen molar-refractivity contribution in [3.05, 3.63) is 35.1 Å². The minimum Gasteiger partial charge on any atom is -0.478 e. The Morgan fingerprint density at radius 3 is 2.56 bits per heavy atom. The van der Waals surface area contributed by atoms with Crippen LogP contribution in [0.2, 0.25) is 0 Å². The van der Waals surface area contributed by atoms with Gasteiger partial charge in [0.25, 0.3) is 0 Å². The first-order valence-electron chi connectivity index (χ1n) is 5.53. The molecule has 0 aliphatic rings. The number of carboxylic acids is 1. The number of rotatable bonds is 2. The summed E-state index contributed by atoms with van der Waals surface area (Å²) in [6, 6.07) is 3.34. The standard InChI is InChI=1S/C13H14N2O2S/c1-13(2,3)11-8(12(16)17)4-5-9(15-11)10-6-14-7-18-10/h4-7H,1-3H3,(H,16,17). The van der Waals surface area contributed by atoms with Gasteiger partial charge in [0.05, 0.1) is 27.3 Å².